The minimum absolute atomic E-state index is 0.547. The number of nitrogens with zero attached hydrogens (tertiary/aromatic N) is 1. The number of aryl methyl sites for hydroxylation is 1. The number of hydrazone groups is 1. The molecule has 0 fully saturated rings. The number of benzene rings is 2. The van der Waals surface area contributed by atoms with E-state index in [1.54, 1.807) is 19.2 Å². The van der Waals surface area contributed by atoms with Crippen LogP contribution >= 0.6 is 11.6 Å². The van der Waals surface area contributed by atoms with Crippen molar-refractivity contribution in [3.8, 4) is 5.75 Å². The normalized spacial score (nSPS) is 11.2. The van der Waals surface area contributed by atoms with E-state index in [4.69, 9.17) is 16.3 Å². The smallest absolute Gasteiger partial charge is 0.137 e. The topological polar surface area (TPSA) is 49.4 Å². The van der Waals surface area contributed by atoms with Gasteiger partial charge >= 0.3 is 0 Å². The fourth-order valence-electron chi connectivity index (χ4n) is 2.37. The van der Waals surface area contributed by atoms with Crippen molar-refractivity contribution in [1.29, 1.82) is 0 Å². The van der Waals surface area contributed by atoms with E-state index in [0.29, 0.717) is 10.8 Å². The molecule has 0 saturated carbocycles. The summed E-state index contributed by atoms with van der Waals surface area (Å²) in [6.07, 6.45) is 1.81. The summed E-state index contributed by atoms with van der Waals surface area (Å²) in [5.41, 5.74) is 7.05. The number of fused-ring (bicyclic) bond motifs is 1. The Morgan fingerprint density at radius 1 is 1.23 bits per heavy atom. The van der Waals surface area contributed by atoms with Gasteiger partial charge in [-0.2, -0.15) is 5.10 Å². The molecular weight excluding hydrogens is 298 g/mol. The van der Waals surface area contributed by atoms with E-state index in [0.717, 1.165) is 27.8 Å². The second-order valence-corrected chi connectivity index (χ2v) is 5.34. The molecule has 0 spiro atoms. The number of aromatic amines is 1. The first kappa shape index (κ1) is 14.5. The molecule has 0 aliphatic rings. The van der Waals surface area contributed by atoms with Crippen LogP contribution in [0.15, 0.2) is 47.6 Å². The predicted molar refractivity (Wildman–Crippen MR) is 92.3 cm³/mol. The van der Waals surface area contributed by atoms with Crippen LogP contribution in [-0.4, -0.2) is 18.3 Å². The van der Waals surface area contributed by atoms with Crippen molar-refractivity contribution in [2.24, 2.45) is 5.10 Å². The van der Waals surface area contributed by atoms with Crippen LogP contribution < -0.4 is 10.2 Å². The average Bonchev–Trinajstić information content (AvgIpc) is 2.83. The molecule has 0 aliphatic heterocycles. The Morgan fingerprint density at radius 2 is 2.05 bits per heavy atom. The number of ether oxygens (including phenoxy) is 1. The highest BCUT2D eigenvalue weighted by Crippen LogP contribution is 2.27. The van der Waals surface area contributed by atoms with Gasteiger partial charge in [-0.05, 0) is 31.2 Å². The molecule has 4 nitrogen and oxygen atoms in total. The van der Waals surface area contributed by atoms with Gasteiger partial charge in [0.25, 0.3) is 0 Å². The number of hydrogen-bond donors (Lipinski definition) is 2. The predicted octanol–water partition coefficient (Wildman–Crippen LogP) is 4.58. The second kappa shape index (κ2) is 6.12. The maximum Gasteiger partial charge on any atom is 0.137 e. The molecule has 112 valence electrons. The highest BCUT2D eigenvalue weighted by atomic mass is 35.5. The molecule has 22 heavy (non-hydrogen) atoms. The van der Waals surface area contributed by atoms with Crippen LogP contribution in [0.2, 0.25) is 5.02 Å². The molecule has 0 amide bonds. The van der Waals surface area contributed by atoms with Gasteiger partial charge in [0.1, 0.15) is 5.75 Å². The largest absolute Gasteiger partial charge is 0.495 e. The Labute approximate surface area is 133 Å². The number of H-pyrrole nitrogens is 1. The quantitative estimate of drug-likeness (QED) is 0.547. The number of hydrogen-bond acceptors (Lipinski definition) is 3. The van der Waals surface area contributed by atoms with Crippen molar-refractivity contribution in [2.45, 2.75) is 6.92 Å². The Hall–Kier alpha value is -2.46. The summed E-state index contributed by atoms with van der Waals surface area (Å²) in [5.74, 6) is 0.642. The van der Waals surface area contributed by atoms with Crippen molar-refractivity contribution >= 4 is 34.4 Å². The second-order valence-electron chi connectivity index (χ2n) is 4.93. The summed E-state index contributed by atoms with van der Waals surface area (Å²) in [6.45, 7) is 2.03. The summed E-state index contributed by atoms with van der Waals surface area (Å²) < 4.78 is 5.12. The van der Waals surface area contributed by atoms with E-state index >= 15 is 0 Å². The fourth-order valence-corrected chi connectivity index (χ4v) is 2.63. The van der Waals surface area contributed by atoms with Gasteiger partial charge in [-0.1, -0.05) is 29.8 Å². The number of rotatable bonds is 4. The number of aromatic nitrogens is 1. The van der Waals surface area contributed by atoms with E-state index in [2.05, 4.69) is 27.6 Å². The number of nitrogens with one attached hydrogen (secondary N) is 2. The van der Waals surface area contributed by atoms with Gasteiger partial charge in [-0.3, -0.25) is 5.43 Å². The van der Waals surface area contributed by atoms with Crippen LogP contribution in [0.1, 0.15) is 11.3 Å². The summed E-state index contributed by atoms with van der Waals surface area (Å²) in [7, 11) is 1.59. The lowest BCUT2D eigenvalue weighted by atomic mass is 10.1. The SMILES string of the molecule is COc1ccc(N/N=C/c2c(C)[nH]c3ccccc23)cc1Cl. The highest BCUT2D eigenvalue weighted by Gasteiger charge is 2.05. The Kier molecular flexibility index (Phi) is 4.02. The number of halogens is 1. The van der Waals surface area contributed by atoms with Gasteiger partial charge in [0, 0.05) is 22.2 Å². The lowest BCUT2D eigenvalue weighted by molar-refractivity contribution is 0.415. The minimum Gasteiger partial charge on any atom is -0.495 e. The van der Waals surface area contributed by atoms with Crippen LogP contribution in [0.25, 0.3) is 10.9 Å². The van der Waals surface area contributed by atoms with E-state index in [1.807, 2.05) is 31.3 Å². The first-order valence-corrected chi connectivity index (χ1v) is 7.27. The minimum atomic E-state index is 0.547. The molecule has 0 saturated heterocycles. The standard InChI is InChI=1S/C17H16ClN3O/c1-11-14(13-5-3-4-6-16(13)20-11)10-19-21-12-7-8-17(22-2)15(18)9-12/h3-10,20-21H,1-2H3/b19-10+. The van der Waals surface area contributed by atoms with Crippen LogP contribution in [0.3, 0.4) is 0 Å². The van der Waals surface area contributed by atoms with Gasteiger partial charge < -0.3 is 9.72 Å². The molecule has 3 aromatic rings. The van der Waals surface area contributed by atoms with Crippen LogP contribution in [0, 0.1) is 6.92 Å². The van der Waals surface area contributed by atoms with Crippen LogP contribution in [-0.2, 0) is 0 Å². The molecular formula is C17H16ClN3O. The van der Waals surface area contributed by atoms with Gasteiger partial charge in [0.15, 0.2) is 0 Å². The van der Waals surface area contributed by atoms with Crippen molar-refractivity contribution < 1.29 is 4.74 Å². The van der Waals surface area contributed by atoms with E-state index in [9.17, 15) is 0 Å². The molecule has 0 atom stereocenters. The van der Waals surface area contributed by atoms with E-state index in [-0.39, 0.29) is 0 Å². The fraction of sp³-hybridized carbons (Fsp3) is 0.118. The molecule has 0 bridgehead atoms. The molecule has 2 aromatic carbocycles. The number of anilines is 1. The summed E-state index contributed by atoms with van der Waals surface area (Å²) in [6, 6.07) is 13.6. The van der Waals surface area contributed by atoms with Gasteiger partial charge in [0.2, 0.25) is 0 Å². The lowest BCUT2D eigenvalue weighted by Gasteiger charge is -2.05. The zero-order chi connectivity index (χ0) is 15.5. The third-order valence-electron chi connectivity index (χ3n) is 3.48. The van der Waals surface area contributed by atoms with Gasteiger partial charge in [-0.25, -0.2) is 0 Å². The summed E-state index contributed by atoms with van der Waals surface area (Å²) in [4.78, 5) is 3.34. The Bertz CT molecular complexity index is 839. The highest BCUT2D eigenvalue weighted by molar-refractivity contribution is 6.32. The zero-order valence-electron chi connectivity index (χ0n) is 12.4. The molecule has 0 unspecified atom stereocenters. The zero-order valence-corrected chi connectivity index (χ0v) is 13.1. The average molecular weight is 314 g/mol. The first-order valence-electron chi connectivity index (χ1n) is 6.89. The monoisotopic (exact) mass is 313 g/mol. The number of para-hydroxylation sites is 1. The molecule has 0 aliphatic carbocycles. The van der Waals surface area contributed by atoms with Crippen molar-refractivity contribution in [3.05, 3.63) is 58.7 Å². The molecule has 1 heterocycles. The summed E-state index contributed by atoms with van der Waals surface area (Å²) >= 11 is 6.09. The molecule has 3 rings (SSSR count). The molecule has 0 radical (unpaired) electrons. The Morgan fingerprint density at radius 3 is 2.82 bits per heavy atom. The van der Waals surface area contributed by atoms with Gasteiger partial charge in [-0.15, -0.1) is 0 Å². The Balaban J connectivity index is 1.82. The third-order valence-corrected chi connectivity index (χ3v) is 3.78. The maximum atomic E-state index is 6.09. The van der Waals surface area contributed by atoms with Crippen molar-refractivity contribution in [1.82, 2.24) is 4.98 Å². The van der Waals surface area contributed by atoms with Crippen LogP contribution in [0.4, 0.5) is 5.69 Å². The molecule has 1 aromatic heterocycles. The lowest BCUT2D eigenvalue weighted by Crippen LogP contribution is -1.92. The molecule has 5 heteroatoms. The third kappa shape index (κ3) is 2.78. The maximum absolute atomic E-state index is 6.09. The van der Waals surface area contributed by atoms with E-state index in [1.165, 1.54) is 0 Å². The number of methoxy groups -OCH3 is 1. The summed E-state index contributed by atoms with van der Waals surface area (Å²) in [5, 5.41) is 6.00. The van der Waals surface area contributed by atoms with Crippen molar-refractivity contribution in [2.75, 3.05) is 12.5 Å². The van der Waals surface area contributed by atoms with Gasteiger partial charge in [0.05, 0.1) is 24.0 Å². The first-order chi connectivity index (χ1) is 10.7. The molecule has 2 N–H and O–H groups in total. The van der Waals surface area contributed by atoms with E-state index < -0.39 is 0 Å². The van der Waals surface area contributed by atoms with Crippen LogP contribution in [0.5, 0.6) is 5.75 Å². The van der Waals surface area contributed by atoms with Crippen molar-refractivity contribution in [3.63, 3.8) is 0 Å².